The van der Waals surface area contributed by atoms with Gasteiger partial charge in [0.15, 0.2) is 0 Å². The lowest BCUT2D eigenvalue weighted by atomic mass is 10.1. The monoisotopic (exact) mass is 286 g/mol. The predicted molar refractivity (Wildman–Crippen MR) is 67.1 cm³/mol. The van der Waals surface area contributed by atoms with E-state index in [0.29, 0.717) is 0 Å². The van der Waals surface area contributed by atoms with Crippen molar-refractivity contribution in [1.82, 2.24) is 0 Å². The summed E-state index contributed by atoms with van der Waals surface area (Å²) in [5, 5.41) is -0.401. The zero-order valence-corrected chi connectivity index (χ0v) is 10.8. The molecule has 0 saturated heterocycles. The molecule has 0 aliphatic rings. The Hall–Kier alpha value is -0.600. The molecule has 0 heterocycles. The Labute approximate surface area is 103 Å². The predicted octanol–water partition coefficient (Wildman–Crippen LogP) is 4.09. The standard InChI is InChI=1S/C12H12BrClO/c1-9(7-12(14)15)5-6-10-3-2-4-11(13)8-10/h2-4,7-8H,5-6H2,1H3/b9-7+. The largest absolute Gasteiger partial charge is 0.276 e. The Bertz CT molecular complexity index is 385. The lowest BCUT2D eigenvalue weighted by molar-refractivity contribution is -0.107. The van der Waals surface area contributed by atoms with Gasteiger partial charge in [-0.1, -0.05) is 33.6 Å². The number of hydrogen-bond donors (Lipinski definition) is 0. The van der Waals surface area contributed by atoms with E-state index in [4.69, 9.17) is 11.6 Å². The fraction of sp³-hybridized carbons (Fsp3) is 0.250. The van der Waals surface area contributed by atoms with Crippen LogP contribution in [0.3, 0.4) is 0 Å². The number of halogens is 2. The SMILES string of the molecule is C/C(=C\C(=O)Cl)CCc1cccc(Br)c1. The molecule has 0 aliphatic carbocycles. The number of benzene rings is 1. The topological polar surface area (TPSA) is 17.1 Å². The van der Waals surface area contributed by atoms with Crippen LogP contribution in [0.2, 0.25) is 0 Å². The highest BCUT2D eigenvalue weighted by molar-refractivity contribution is 9.10. The fourth-order valence-corrected chi connectivity index (χ4v) is 1.93. The lowest BCUT2D eigenvalue weighted by Gasteiger charge is -2.02. The van der Waals surface area contributed by atoms with Crippen LogP contribution in [0.4, 0.5) is 0 Å². The highest BCUT2D eigenvalue weighted by atomic mass is 79.9. The second kappa shape index (κ2) is 6.09. The molecule has 0 fully saturated rings. The molecule has 0 saturated carbocycles. The first-order valence-corrected chi connectivity index (χ1v) is 5.86. The van der Waals surface area contributed by atoms with Gasteiger partial charge in [0.2, 0.25) is 5.24 Å². The number of allylic oxidation sites excluding steroid dienone is 2. The van der Waals surface area contributed by atoms with Crippen LogP contribution >= 0.6 is 27.5 Å². The molecule has 0 spiro atoms. The van der Waals surface area contributed by atoms with Gasteiger partial charge < -0.3 is 0 Å². The molecule has 3 heteroatoms. The maximum absolute atomic E-state index is 10.6. The van der Waals surface area contributed by atoms with Crippen molar-refractivity contribution in [3.05, 3.63) is 46.0 Å². The van der Waals surface area contributed by atoms with E-state index in [1.165, 1.54) is 11.6 Å². The van der Waals surface area contributed by atoms with Gasteiger partial charge in [-0.15, -0.1) is 0 Å². The fourth-order valence-electron chi connectivity index (χ4n) is 1.30. The summed E-state index contributed by atoms with van der Waals surface area (Å²) in [6, 6.07) is 8.15. The summed E-state index contributed by atoms with van der Waals surface area (Å²) in [6.07, 6.45) is 3.25. The van der Waals surface area contributed by atoms with Crippen molar-refractivity contribution in [1.29, 1.82) is 0 Å². The Kier molecular flexibility index (Phi) is 5.06. The van der Waals surface area contributed by atoms with E-state index in [0.717, 1.165) is 22.9 Å². The third-order valence-corrected chi connectivity index (χ3v) is 2.66. The Morgan fingerprint density at radius 2 is 2.27 bits per heavy atom. The molecule has 1 aromatic carbocycles. The van der Waals surface area contributed by atoms with Crippen LogP contribution < -0.4 is 0 Å². The summed E-state index contributed by atoms with van der Waals surface area (Å²) in [7, 11) is 0. The molecule has 0 aromatic heterocycles. The van der Waals surface area contributed by atoms with Crippen LogP contribution in [0.25, 0.3) is 0 Å². The summed E-state index contributed by atoms with van der Waals surface area (Å²) < 4.78 is 1.08. The van der Waals surface area contributed by atoms with E-state index >= 15 is 0 Å². The minimum atomic E-state index is -0.401. The van der Waals surface area contributed by atoms with Gasteiger partial charge in [0.05, 0.1) is 0 Å². The van der Waals surface area contributed by atoms with Crippen LogP contribution in [-0.2, 0) is 11.2 Å². The van der Waals surface area contributed by atoms with Crippen molar-refractivity contribution < 1.29 is 4.79 Å². The Balaban J connectivity index is 2.54. The number of aryl methyl sites for hydroxylation is 1. The Morgan fingerprint density at radius 3 is 2.87 bits per heavy atom. The van der Waals surface area contributed by atoms with Gasteiger partial charge >= 0.3 is 0 Å². The highest BCUT2D eigenvalue weighted by Gasteiger charge is 1.97. The van der Waals surface area contributed by atoms with Gasteiger partial charge in [0.25, 0.3) is 0 Å². The molecule has 0 bridgehead atoms. The molecule has 0 N–H and O–H groups in total. The molecule has 0 amide bonds. The molecule has 80 valence electrons. The average molecular weight is 288 g/mol. The molecule has 0 unspecified atom stereocenters. The van der Waals surface area contributed by atoms with Crippen molar-refractivity contribution in [3.8, 4) is 0 Å². The van der Waals surface area contributed by atoms with E-state index in [2.05, 4.69) is 28.1 Å². The van der Waals surface area contributed by atoms with Crippen LogP contribution in [-0.4, -0.2) is 5.24 Å². The summed E-state index contributed by atoms with van der Waals surface area (Å²) in [5.74, 6) is 0. The molecule has 0 atom stereocenters. The van der Waals surface area contributed by atoms with Gasteiger partial charge in [-0.25, -0.2) is 0 Å². The van der Waals surface area contributed by atoms with Crippen molar-refractivity contribution >= 4 is 32.8 Å². The van der Waals surface area contributed by atoms with Crippen LogP contribution in [0.1, 0.15) is 18.9 Å². The van der Waals surface area contributed by atoms with Gasteiger partial charge in [-0.3, -0.25) is 4.79 Å². The van der Waals surface area contributed by atoms with Crippen molar-refractivity contribution in [2.45, 2.75) is 19.8 Å². The third kappa shape index (κ3) is 5.14. The zero-order valence-electron chi connectivity index (χ0n) is 8.47. The third-order valence-electron chi connectivity index (χ3n) is 2.06. The van der Waals surface area contributed by atoms with E-state index in [-0.39, 0.29) is 0 Å². The van der Waals surface area contributed by atoms with Gasteiger partial charge in [-0.05, 0) is 55.1 Å². The maximum atomic E-state index is 10.6. The van der Waals surface area contributed by atoms with Crippen LogP contribution in [0, 0.1) is 0 Å². The van der Waals surface area contributed by atoms with Crippen molar-refractivity contribution in [2.75, 3.05) is 0 Å². The number of rotatable bonds is 4. The molecule has 1 nitrogen and oxygen atoms in total. The van der Waals surface area contributed by atoms with Gasteiger partial charge in [-0.2, -0.15) is 0 Å². The first kappa shape index (κ1) is 12.5. The van der Waals surface area contributed by atoms with E-state index in [1.54, 1.807) is 0 Å². The van der Waals surface area contributed by atoms with E-state index in [1.807, 2.05) is 19.1 Å². The maximum Gasteiger partial charge on any atom is 0.245 e. The smallest absolute Gasteiger partial charge is 0.245 e. The zero-order chi connectivity index (χ0) is 11.3. The highest BCUT2D eigenvalue weighted by Crippen LogP contribution is 2.15. The first-order chi connectivity index (χ1) is 7.08. The first-order valence-electron chi connectivity index (χ1n) is 4.69. The quantitative estimate of drug-likeness (QED) is 0.602. The summed E-state index contributed by atoms with van der Waals surface area (Å²) >= 11 is 8.68. The molecular formula is C12H12BrClO. The number of carbonyl (C=O) groups excluding carboxylic acids is 1. The molecule has 1 aromatic rings. The summed E-state index contributed by atoms with van der Waals surface area (Å²) in [6.45, 7) is 1.91. The van der Waals surface area contributed by atoms with E-state index < -0.39 is 5.24 Å². The van der Waals surface area contributed by atoms with E-state index in [9.17, 15) is 4.79 Å². The molecule has 1 rings (SSSR count). The molecule has 0 aliphatic heterocycles. The van der Waals surface area contributed by atoms with Gasteiger partial charge in [0.1, 0.15) is 0 Å². The van der Waals surface area contributed by atoms with Crippen LogP contribution in [0.15, 0.2) is 40.4 Å². The summed E-state index contributed by atoms with van der Waals surface area (Å²) in [5.41, 5.74) is 2.26. The molecule has 15 heavy (non-hydrogen) atoms. The van der Waals surface area contributed by atoms with Crippen molar-refractivity contribution in [2.24, 2.45) is 0 Å². The minimum Gasteiger partial charge on any atom is -0.276 e. The van der Waals surface area contributed by atoms with Crippen molar-refractivity contribution in [3.63, 3.8) is 0 Å². The van der Waals surface area contributed by atoms with Crippen LogP contribution in [0.5, 0.6) is 0 Å². The number of hydrogen-bond acceptors (Lipinski definition) is 1. The normalized spacial score (nSPS) is 11.5. The summed E-state index contributed by atoms with van der Waals surface area (Å²) in [4.78, 5) is 10.6. The second-order valence-electron chi connectivity index (χ2n) is 3.42. The Morgan fingerprint density at radius 1 is 1.53 bits per heavy atom. The number of carbonyl (C=O) groups is 1. The molecular weight excluding hydrogens is 275 g/mol. The second-order valence-corrected chi connectivity index (χ2v) is 4.71. The average Bonchev–Trinajstić information content (AvgIpc) is 2.14. The van der Waals surface area contributed by atoms with Gasteiger partial charge in [0, 0.05) is 4.47 Å². The minimum absolute atomic E-state index is 0.401. The molecule has 0 radical (unpaired) electrons. The lowest BCUT2D eigenvalue weighted by Crippen LogP contribution is -1.88.